The third-order valence-corrected chi connectivity index (χ3v) is 7.34. The first-order valence-electron chi connectivity index (χ1n) is 14.1. The van der Waals surface area contributed by atoms with Gasteiger partial charge in [-0.2, -0.15) is 0 Å². The molecule has 8 heteroatoms. The van der Waals surface area contributed by atoms with E-state index in [0.717, 1.165) is 16.7 Å². The minimum absolute atomic E-state index is 0.0212. The number of aryl methyl sites for hydroxylation is 1. The van der Waals surface area contributed by atoms with Crippen LogP contribution in [0.15, 0.2) is 91.0 Å². The number of carboxylic acid groups (broad SMARTS) is 1. The second-order valence-corrected chi connectivity index (χ2v) is 10.1. The zero-order chi connectivity index (χ0) is 30.8. The van der Waals surface area contributed by atoms with Crippen LogP contribution in [0.5, 0.6) is 11.5 Å². The molecule has 0 radical (unpaired) electrons. The molecule has 0 atom stereocenters. The lowest BCUT2D eigenvalue weighted by Crippen LogP contribution is -2.35. The van der Waals surface area contributed by atoms with Crippen LogP contribution in [0.1, 0.15) is 43.8 Å². The van der Waals surface area contributed by atoms with E-state index in [2.05, 4.69) is 5.32 Å². The van der Waals surface area contributed by atoms with E-state index < -0.39 is 5.97 Å². The summed E-state index contributed by atoms with van der Waals surface area (Å²) in [4.78, 5) is 40.5. The Kier molecular flexibility index (Phi) is 10.5. The van der Waals surface area contributed by atoms with Gasteiger partial charge >= 0.3 is 5.97 Å². The van der Waals surface area contributed by atoms with E-state index >= 15 is 0 Å². The number of carbonyl (C=O) groups excluding carboxylic acids is 2. The smallest absolute Gasteiger partial charge is 0.305 e. The largest absolute Gasteiger partial charge is 0.497 e. The molecule has 0 aromatic heterocycles. The van der Waals surface area contributed by atoms with Gasteiger partial charge in [0.05, 0.1) is 20.6 Å². The van der Waals surface area contributed by atoms with Gasteiger partial charge in [0, 0.05) is 30.8 Å². The Labute approximate surface area is 251 Å². The van der Waals surface area contributed by atoms with Crippen molar-refractivity contribution in [1.82, 2.24) is 10.2 Å². The summed E-state index contributed by atoms with van der Waals surface area (Å²) in [5, 5.41) is 12.4. The molecule has 0 saturated heterocycles. The third kappa shape index (κ3) is 7.80. The predicted molar refractivity (Wildman–Crippen MR) is 166 cm³/mol. The second-order valence-electron chi connectivity index (χ2n) is 10.1. The molecule has 2 amide bonds. The molecule has 4 aromatic carbocycles. The van der Waals surface area contributed by atoms with Crippen molar-refractivity contribution in [1.29, 1.82) is 0 Å². The van der Waals surface area contributed by atoms with Gasteiger partial charge in [-0.05, 0) is 71.5 Å². The Balaban J connectivity index is 1.63. The van der Waals surface area contributed by atoms with E-state index in [-0.39, 0.29) is 31.3 Å². The zero-order valence-corrected chi connectivity index (χ0v) is 24.6. The van der Waals surface area contributed by atoms with Crippen molar-refractivity contribution >= 4 is 17.8 Å². The van der Waals surface area contributed by atoms with Gasteiger partial charge in [-0.15, -0.1) is 0 Å². The van der Waals surface area contributed by atoms with Crippen LogP contribution >= 0.6 is 0 Å². The summed E-state index contributed by atoms with van der Waals surface area (Å²) >= 11 is 0. The van der Waals surface area contributed by atoms with Crippen molar-refractivity contribution < 1.29 is 29.0 Å². The highest BCUT2D eigenvalue weighted by atomic mass is 16.5. The Morgan fingerprint density at radius 2 is 1.42 bits per heavy atom. The number of carboxylic acids is 1. The molecule has 0 spiro atoms. The Morgan fingerprint density at radius 3 is 2.09 bits per heavy atom. The van der Waals surface area contributed by atoms with Gasteiger partial charge < -0.3 is 24.8 Å². The Morgan fingerprint density at radius 1 is 0.767 bits per heavy atom. The highest BCUT2D eigenvalue weighted by Gasteiger charge is 2.23. The van der Waals surface area contributed by atoms with Crippen molar-refractivity contribution in [3.05, 3.63) is 119 Å². The lowest BCUT2D eigenvalue weighted by atomic mass is 9.94. The van der Waals surface area contributed by atoms with E-state index in [1.165, 1.54) is 4.90 Å². The van der Waals surface area contributed by atoms with Crippen molar-refractivity contribution in [2.75, 3.05) is 27.3 Å². The number of nitrogens with zero attached hydrogens (tertiary/aromatic N) is 1. The number of amides is 2. The molecular weight excluding hydrogens is 544 g/mol. The molecule has 0 heterocycles. The number of methoxy groups -OCH3 is 2. The fourth-order valence-electron chi connectivity index (χ4n) is 4.95. The quantitative estimate of drug-likeness (QED) is 0.208. The van der Waals surface area contributed by atoms with Gasteiger partial charge in [0.2, 0.25) is 0 Å². The molecule has 0 saturated carbocycles. The van der Waals surface area contributed by atoms with Gasteiger partial charge in [-0.25, -0.2) is 0 Å². The summed E-state index contributed by atoms with van der Waals surface area (Å²) in [5.41, 5.74) is 4.96. The lowest BCUT2D eigenvalue weighted by molar-refractivity contribution is -0.137. The molecule has 43 heavy (non-hydrogen) atoms. The standard InChI is InChI=1S/C35H36N2O6/c1-24-10-4-5-11-26(24)23-36-34(40)30-14-8-6-12-28(30)29-13-7-9-15-31(29)35(41)37(21-19-33(38)39)20-18-25-22-27(42-2)16-17-32(25)43-3/h4-17,22H,18-21,23H2,1-3H3,(H,36,40)(H,38,39). The summed E-state index contributed by atoms with van der Waals surface area (Å²) in [6.45, 7) is 2.64. The molecule has 8 nitrogen and oxygen atoms in total. The topological polar surface area (TPSA) is 105 Å². The van der Waals surface area contributed by atoms with E-state index in [1.54, 1.807) is 56.7 Å². The van der Waals surface area contributed by atoms with Crippen molar-refractivity contribution in [3.63, 3.8) is 0 Å². The average Bonchev–Trinajstić information content (AvgIpc) is 3.03. The van der Waals surface area contributed by atoms with E-state index in [4.69, 9.17) is 9.47 Å². The van der Waals surface area contributed by atoms with Crippen LogP contribution < -0.4 is 14.8 Å². The van der Waals surface area contributed by atoms with E-state index in [9.17, 15) is 19.5 Å². The van der Waals surface area contributed by atoms with Crippen LogP contribution in [0.2, 0.25) is 0 Å². The number of rotatable bonds is 13. The summed E-state index contributed by atoms with van der Waals surface area (Å²) in [6, 6.07) is 27.6. The molecule has 4 rings (SSSR count). The third-order valence-electron chi connectivity index (χ3n) is 7.34. The highest BCUT2D eigenvalue weighted by molar-refractivity contribution is 6.06. The molecule has 0 aliphatic heterocycles. The Bertz CT molecular complexity index is 1600. The Hall–Kier alpha value is -5.11. The fraction of sp³-hybridized carbons (Fsp3) is 0.229. The SMILES string of the molecule is COc1ccc(OC)c(CCN(CCC(=O)O)C(=O)c2ccccc2-c2ccccc2C(=O)NCc2ccccc2C)c1. The van der Waals surface area contributed by atoms with Crippen LogP contribution in [-0.2, 0) is 17.8 Å². The molecule has 0 unspecified atom stereocenters. The number of ether oxygens (including phenoxy) is 2. The van der Waals surface area contributed by atoms with Crippen LogP contribution in [0, 0.1) is 6.92 Å². The number of carbonyl (C=O) groups is 3. The van der Waals surface area contributed by atoms with Gasteiger partial charge in [0.1, 0.15) is 11.5 Å². The van der Waals surface area contributed by atoms with Gasteiger partial charge in [-0.1, -0.05) is 60.7 Å². The monoisotopic (exact) mass is 580 g/mol. The molecule has 0 bridgehead atoms. The number of nitrogens with one attached hydrogen (secondary N) is 1. The van der Waals surface area contributed by atoms with Gasteiger partial charge in [0.25, 0.3) is 11.8 Å². The van der Waals surface area contributed by atoms with Crippen LogP contribution in [0.25, 0.3) is 11.1 Å². The van der Waals surface area contributed by atoms with Gasteiger partial charge in [-0.3, -0.25) is 14.4 Å². The second kappa shape index (κ2) is 14.7. The maximum Gasteiger partial charge on any atom is 0.305 e. The minimum Gasteiger partial charge on any atom is -0.497 e. The first-order valence-corrected chi connectivity index (χ1v) is 14.1. The molecular formula is C35H36N2O6. The molecule has 0 fully saturated rings. The predicted octanol–water partition coefficient (Wildman–Crippen LogP) is 5.77. The average molecular weight is 581 g/mol. The van der Waals surface area contributed by atoms with Crippen LogP contribution in [0.4, 0.5) is 0 Å². The summed E-state index contributed by atoms with van der Waals surface area (Å²) in [5.74, 6) is -0.275. The maximum absolute atomic E-state index is 14.1. The van der Waals surface area contributed by atoms with Gasteiger partial charge in [0.15, 0.2) is 0 Å². The number of benzene rings is 4. The van der Waals surface area contributed by atoms with Crippen molar-refractivity contribution in [2.45, 2.75) is 26.3 Å². The molecule has 0 aliphatic carbocycles. The molecule has 2 N–H and O–H groups in total. The van der Waals surface area contributed by atoms with Crippen LogP contribution in [0.3, 0.4) is 0 Å². The summed E-state index contributed by atoms with van der Waals surface area (Å²) in [7, 11) is 3.15. The van der Waals surface area contributed by atoms with Crippen molar-refractivity contribution in [3.8, 4) is 22.6 Å². The first kappa shape index (κ1) is 30.8. The molecule has 0 aliphatic rings. The fourth-order valence-corrected chi connectivity index (χ4v) is 4.95. The maximum atomic E-state index is 14.1. The molecule has 4 aromatic rings. The summed E-state index contributed by atoms with van der Waals surface area (Å²) < 4.78 is 10.9. The normalized spacial score (nSPS) is 10.6. The molecule has 222 valence electrons. The number of aliphatic carboxylic acids is 1. The van der Waals surface area contributed by atoms with Crippen molar-refractivity contribution in [2.24, 2.45) is 0 Å². The number of hydrogen-bond donors (Lipinski definition) is 2. The van der Waals surface area contributed by atoms with Crippen LogP contribution in [-0.4, -0.2) is 55.1 Å². The van der Waals surface area contributed by atoms with E-state index in [1.807, 2.05) is 55.5 Å². The first-order chi connectivity index (χ1) is 20.8. The van der Waals surface area contributed by atoms with E-state index in [0.29, 0.717) is 46.7 Å². The zero-order valence-electron chi connectivity index (χ0n) is 24.6. The lowest BCUT2D eigenvalue weighted by Gasteiger charge is -2.24. The highest BCUT2D eigenvalue weighted by Crippen LogP contribution is 2.29. The summed E-state index contributed by atoms with van der Waals surface area (Å²) in [6.07, 6.45) is 0.215. The number of hydrogen-bond acceptors (Lipinski definition) is 5. The minimum atomic E-state index is -0.999.